The highest BCUT2D eigenvalue weighted by Crippen LogP contribution is 2.27. The first-order valence-corrected chi connectivity index (χ1v) is 6.00. The lowest BCUT2D eigenvalue weighted by atomic mass is 10.1. The minimum Gasteiger partial charge on any atom is -0.480 e. The molecule has 7 nitrogen and oxygen atoms in total. The van der Waals surface area contributed by atoms with Gasteiger partial charge in [-0.3, -0.25) is 14.9 Å². The molecule has 0 radical (unpaired) electrons. The molecular formula is C12H10F2N2O5. The van der Waals surface area contributed by atoms with E-state index in [1.807, 2.05) is 0 Å². The largest absolute Gasteiger partial charge is 0.480 e. The monoisotopic (exact) mass is 300 g/mol. The number of aliphatic carboxylic acids is 1. The number of nitro groups is 1. The van der Waals surface area contributed by atoms with Crippen molar-refractivity contribution in [3.8, 4) is 0 Å². The Morgan fingerprint density at radius 3 is 2.62 bits per heavy atom. The second-order valence-corrected chi connectivity index (χ2v) is 4.51. The Labute approximate surface area is 116 Å². The summed E-state index contributed by atoms with van der Waals surface area (Å²) in [5.41, 5.74) is -2.14. The molecule has 1 saturated heterocycles. The summed E-state index contributed by atoms with van der Waals surface area (Å²) in [6.45, 7) is 0.0252. The third-order valence-corrected chi connectivity index (χ3v) is 3.28. The minimum atomic E-state index is -1.60. The van der Waals surface area contributed by atoms with Gasteiger partial charge < -0.3 is 10.0 Å². The zero-order valence-corrected chi connectivity index (χ0v) is 10.6. The summed E-state index contributed by atoms with van der Waals surface area (Å²) in [4.78, 5) is 33.5. The molecule has 112 valence electrons. The third kappa shape index (κ3) is 2.54. The zero-order valence-electron chi connectivity index (χ0n) is 10.6. The molecule has 1 aliphatic heterocycles. The summed E-state index contributed by atoms with van der Waals surface area (Å²) in [5, 5.41) is 19.6. The van der Waals surface area contributed by atoms with Crippen molar-refractivity contribution < 1.29 is 28.4 Å². The van der Waals surface area contributed by atoms with E-state index in [4.69, 9.17) is 5.11 Å². The van der Waals surface area contributed by atoms with E-state index in [0.717, 1.165) is 4.90 Å². The van der Waals surface area contributed by atoms with Crippen LogP contribution in [0.2, 0.25) is 0 Å². The summed E-state index contributed by atoms with van der Waals surface area (Å²) >= 11 is 0. The summed E-state index contributed by atoms with van der Waals surface area (Å²) < 4.78 is 27.6. The lowest BCUT2D eigenvalue weighted by molar-refractivity contribution is -0.387. The fourth-order valence-electron chi connectivity index (χ4n) is 2.29. The molecule has 9 heteroatoms. The van der Waals surface area contributed by atoms with Crippen LogP contribution in [0.3, 0.4) is 0 Å². The Morgan fingerprint density at radius 1 is 1.38 bits per heavy atom. The number of carboxylic acid groups (broad SMARTS) is 1. The standard InChI is InChI=1S/C12H10F2N2O5/c13-6-3-4-7(16(20)21)10(14)9(6)11(17)15-5-1-2-8(15)12(18)19/h3-4,8H,1-2,5H2,(H,18,19)/t8-/m0/s1. The SMILES string of the molecule is O=C(O)[C@@H]1CCCN1C(=O)c1c(F)ccc([N+](=O)[O-])c1F. The number of carboxylic acids is 1. The van der Waals surface area contributed by atoms with Gasteiger partial charge in [-0.2, -0.15) is 4.39 Å². The Balaban J connectivity index is 2.46. The van der Waals surface area contributed by atoms with Gasteiger partial charge in [-0.15, -0.1) is 0 Å². The molecule has 1 aromatic carbocycles. The first-order valence-electron chi connectivity index (χ1n) is 6.00. The fraction of sp³-hybridized carbons (Fsp3) is 0.333. The summed E-state index contributed by atoms with van der Waals surface area (Å²) in [6, 6.07) is 0.0380. The van der Waals surface area contributed by atoms with Crippen LogP contribution in [0, 0.1) is 21.7 Å². The van der Waals surface area contributed by atoms with Crippen molar-refractivity contribution in [3.63, 3.8) is 0 Å². The third-order valence-electron chi connectivity index (χ3n) is 3.28. The van der Waals surface area contributed by atoms with E-state index in [9.17, 15) is 28.5 Å². The van der Waals surface area contributed by atoms with Gasteiger partial charge in [0.2, 0.25) is 5.82 Å². The number of carbonyl (C=O) groups excluding carboxylic acids is 1. The second-order valence-electron chi connectivity index (χ2n) is 4.51. The predicted molar refractivity (Wildman–Crippen MR) is 64.7 cm³/mol. The van der Waals surface area contributed by atoms with Crippen molar-refractivity contribution >= 4 is 17.6 Å². The van der Waals surface area contributed by atoms with Crippen LogP contribution in [0.1, 0.15) is 23.2 Å². The van der Waals surface area contributed by atoms with Crippen molar-refractivity contribution in [2.24, 2.45) is 0 Å². The molecule has 0 unspecified atom stereocenters. The van der Waals surface area contributed by atoms with Gasteiger partial charge in [0, 0.05) is 12.6 Å². The number of carbonyl (C=O) groups is 2. The van der Waals surface area contributed by atoms with Crippen LogP contribution in [0.5, 0.6) is 0 Å². The number of benzene rings is 1. The highest BCUT2D eigenvalue weighted by atomic mass is 19.1. The number of nitro benzene ring substituents is 1. The zero-order chi connectivity index (χ0) is 15.7. The van der Waals surface area contributed by atoms with Crippen LogP contribution in [0.15, 0.2) is 12.1 Å². The van der Waals surface area contributed by atoms with Crippen LogP contribution in [0.25, 0.3) is 0 Å². The molecule has 2 rings (SSSR count). The second kappa shape index (κ2) is 5.43. The molecular weight excluding hydrogens is 290 g/mol. The molecule has 0 spiro atoms. The van der Waals surface area contributed by atoms with E-state index in [2.05, 4.69) is 0 Å². The van der Waals surface area contributed by atoms with E-state index in [1.165, 1.54) is 0 Å². The maximum atomic E-state index is 13.9. The summed E-state index contributed by atoms with van der Waals surface area (Å²) in [6.07, 6.45) is 0.542. The lowest BCUT2D eigenvalue weighted by Crippen LogP contribution is -2.41. The van der Waals surface area contributed by atoms with Crippen molar-refractivity contribution in [2.45, 2.75) is 18.9 Å². The van der Waals surface area contributed by atoms with Gasteiger partial charge in [-0.25, -0.2) is 9.18 Å². The highest BCUT2D eigenvalue weighted by Gasteiger charge is 2.38. The van der Waals surface area contributed by atoms with E-state index >= 15 is 0 Å². The molecule has 0 bridgehead atoms. The summed E-state index contributed by atoms with van der Waals surface area (Å²) in [7, 11) is 0. The Morgan fingerprint density at radius 2 is 2.05 bits per heavy atom. The average molecular weight is 300 g/mol. The maximum Gasteiger partial charge on any atom is 0.326 e. The molecule has 1 atom stereocenters. The van der Waals surface area contributed by atoms with E-state index in [-0.39, 0.29) is 13.0 Å². The van der Waals surface area contributed by atoms with Crippen LogP contribution < -0.4 is 0 Å². The van der Waals surface area contributed by atoms with Crippen LogP contribution in [-0.4, -0.2) is 39.4 Å². The number of amides is 1. The molecule has 0 aliphatic carbocycles. The van der Waals surface area contributed by atoms with Crippen LogP contribution in [0.4, 0.5) is 14.5 Å². The topological polar surface area (TPSA) is 101 Å². The lowest BCUT2D eigenvalue weighted by Gasteiger charge is -2.21. The molecule has 1 fully saturated rings. The van der Waals surface area contributed by atoms with Gasteiger partial charge in [-0.1, -0.05) is 0 Å². The fourth-order valence-corrected chi connectivity index (χ4v) is 2.29. The van der Waals surface area contributed by atoms with Gasteiger partial charge in [-0.05, 0) is 18.9 Å². The van der Waals surface area contributed by atoms with Crippen molar-refractivity contribution in [3.05, 3.63) is 39.4 Å². The van der Waals surface area contributed by atoms with Gasteiger partial charge >= 0.3 is 11.7 Å². The molecule has 1 aliphatic rings. The quantitative estimate of drug-likeness (QED) is 0.674. The smallest absolute Gasteiger partial charge is 0.326 e. The van der Waals surface area contributed by atoms with Gasteiger partial charge in [0.05, 0.1) is 4.92 Å². The number of likely N-dealkylation sites (tertiary alicyclic amines) is 1. The molecule has 0 aromatic heterocycles. The van der Waals surface area contributed by atoms with E-state index in [0.29, 0.717) is 18.6 Å². The van der Waals surface area contributed by atoms with Crippen molar-refractivity contribution in [2.75, 3.05) is 6.54 Å². The normalized spacial score (nSPS) is 17.8. The van der Waals surface area contributed by atoms with E-state index in [1.54, 1.807) is 0 Å². The Hall–Kier alpha value is -2.58. The van der Waals surface area contributed by atoms with Crippen LogP contribution >= 0.6 is 0 Å². The number of rotatable bonds is 3. The maximum absolute atomic E-state index is 13.9. The molecule has 21 heavy (non-hydrogen) atoms. The van der Waals surface area contributed by atoms with Gasteiger partial charge in [0.25, 0.3) is 5.91 Å². The molecule has 1 aromatic rings. The highest BCUT2D eigenvalue weighted by molar-refractivity contribution is 5.98. The average Bonchev–Trinajstić information content (AvgIpc) is 2.87. The van der Waals surface area contributed by atoms with Crippen molar-refractivity contribution in [1.82, 2.24) is 4.90 Å². The number of hydrogen-bond donors (Lipinski definition) is 1. The molecule has 1 N–H and O–H groups in total. The molecule has 0 saturated carbocycles. The molecule has 1 heterocycles. The minimum absolute atomic E-state index is 0.0252. The predicted octanol–water partition coefficient (Wildman–Crippen LogP) is 1.56. The van der Waals surface area contributed by atoms with Gasteiger partial charge in [0.15, 0.2) is 0 Å². The number of hydrogen-bond acceptors (Lipinski definition) is 4. The molecule has 1 amide bonds. The van der Waals surface area contributed by atoms with Crippen molar-refractivity contribution in [1.29, 1.82) is 0 Å². The summed E-state index contributed by atoms with van der Waals surface area (Å²) in [5.74, 6) is -5.34. The van der Waals surface area contributed by atoms with Gasteiger partial charge in [0.1, 0.15) is 17.4 Å². The Kier molecular flexibility index (Phi) is 3.83. The van der Waals surface area contributed by atoms with E-state index < -0.39 is 45.7 Å². The Bertz CT molecular complexity index is 634. The number of halogens is 2. The first-order chi connectivity index (χ1) is 9.84. The number of nitrogens with zero attached hydrogens (tertiary/aromatic N) is 2. The van der Waals surface area contributed by atoms with Crippen LogP contribution in [-0.2, 0) is 4.79 Å². The first kappa shape index (κ1) is 14.8.